The quantitative estimate of drug-likeness (QED) is 0.549. The average molecular weight is 424 g/mol. The summed E-state index contributed by atoms with van der Waals surface area (Å²) in [6, 6.07) is 15.2. The zero-order chi connectivity index (χ0) is 22.6. The fraction of sp³-hybridized carbons (Fsp3) is 0.417. The molecular weight excluding hydrogens is 390 g/mol. The monoisotopic (exact) mass is 423 g/mol. The van der Waals surface area contributed by atoms with Crippen molar-refractivity contribution in [2.45, 2.75) is 59.0 Å². The fourth-order valence-corrected chi connectivity index (χ4v) is 4.08. The number of nitrogens with zero attached hydrogens (tertiary/aromatic N) is 1. The first-order valence-corrected chi connectivity index (χ1v) is 10.7. The number of nitrogens with two attached hydrogens (primary N) is 1. The Kier molecular flexibility index (Phi) is 6.97. The summed E-state index contributed by atoms with van der Waals surface area (Å²) in [6.45, 7) is 8.96. The zero-order valence-corrected chi connectivity index (χ0v) is 18.7. The Labute approximate surface area is 184 Å². The Balaban J connectivity index is 1.53. The lowest BCUT2D eigenvalue weighted by atomic mass is 9.91. The molecule has 3 rings (SSSR count). The molecule has 1 aliphatic rings. The predicted octanol–water partition coefficient (Wildman–Crippen LogP) is 3.30. The van der Waals surface area contributed by atoms with Crippen LogP contribution < -0.4 is 21.7 Å². The van der Waals surface area contributed by atoms with Crippen molar-refractivity contribution < 1.29 is 9.59 Å². The zero-order valence-electron chi connectivity index (χ0n) is 18.7. The van der Waals surface area contributed by atoms with Crippen LogP contribution in [0.15, 0.2) is 48.5 Å². The summed E-state index contributed by atoms with van der Waals surface area (Å²) >= 11 is 0. The van der Waals surface area contributed by atoms with E-state index in [9.17, 15) is 9.59 Å². The normalized spacial score (nSPS) is 20.9. The van der Waals surface area contributed by atoms with Crippen LogP contribution in [0.5, 0.6) is 0 Å². The van der Waals surface area contributed by atoms with Gasteiger partial charge in [0.05, 0.1) is 5.54 Å². The van der Waals surface area contributed by atoms with E-state index in [1.807, 2.05) is 62.4 Å². The molecule has 1 heterocycles. The minimum atomic E-state index is -0.623. The number of carbonyl (C=O) groups is 2. The lowest BCUT2D eigenvalue weighted by Crippen LogP contribution is -2.48. The third-order valence-corrected chi connectivity index (χ3v) is 5.46. The summed E-state index contributed by atoms with van der Waals surface area (Å²) in [5.41, 5.74) is 9.39. The molecule has 0 spiro atoms. The number of amides is 3. The molecule has 0 aromatic heterocycles. The van der Waals surface area contributed by atoms with E-state index < -0.39 is 11.8 Å². The standard InChI is InChI=1S/C24H33N5O2/c1-16(2)13-24(4)21(30)29(22(25)28-24)15-19-10-8-18(9-11-19)14-26-23(31)27-20-7-5-6-17(3)12-20/h5-12,16,22,28H,13-15,25H2,1-4H3,(H2,26,27,31). The summed E-state index contributed by atoms with van der Waals surface area (Å²) in [7, 11) is 0. The summed E-state index contributed by atoms with van der Waals surface area (Å²) in [4.78, 5) is 26.7. The van der Waals surface area contributed by atoms with Gasteiger partial charge in [0.1, 0.15) is 6.29 Å². The second-order valence-electron chi connectivity index (χ2n) is 8.95. The lowest BCUT2D eigenvalue weighted by molar-refractivity contribution is -0.133. The van der Waals surface area contributed by atoms with Gasteiger partial charge in [-0.15, -0.1) is 0 Å². The Morgan fingerprint density at radius 3 is 2.52 bits per heavy atom. The predicted molar refractivity (Wildman–Crippen MR) is 123 cm³/mol. The van der Waals surface area contributed by atoms with Gasteiger partial charge in [0, 0.05) is 18.8 Å². The topological polar surface area (TPSA) is 99.5 Å². The van der Waals surface area contributed by atoms with Gasteiger partial charge in [0.2, 0.25) is 5.91 Å². The number of hydrogen-bond donors (Lipinski definition) is 4. The highest BCUT2D eigenvalue weighted by atomic mass is 16.2. The van der Waals surface area contributed by atoms with E-state index in [-0.39, 0.29) is 11.9 Å². The third-order valence-electron chi connectivity index (χ3n) is 5.46. The van der Waals surface area contributed by atoms with Crippen molar-refractivity contribution in [1.82, 2.24) is 15.5 Å². The Morgan fingerprint density at radius 2 is 1.87 bits per heavy atom. The first-order valence-electron chi connectivity index (χ1n) is 10.7. The maximum Gasteiger partial charge on any atom is 0.319 e. The average Bonchev–Trinajstić information content (AvgIpc) is 2.89. The van der Waals surface area contributed by atoms with Crippen molar-refractivity contribution in [2.24, 2.45) is 11.7 Å². The minimum absolute atomic E-state index is 0.0345. The Hall–Kier alpha value is -2.90. The van der Waals surface area contributed by atoms with E-state index in [0.29, 0.717) is 19.0 Å². The van der Waals surface area contributed by atoms with Crippen LogP contribution in [-0.2, 0) is 17.9 Å². The van der Waals surface area contributed by atoms with Crippen LogP contribution in [0.1, 0.15) is 43.9 Å². The summed E-state index contributed by atoms with van der Waals surface area (Å²) in [5, 5.41) is 8.94. The smallest absolute Gasteiger partial charge is 0.319 e. The molecule has 31 heavy (non-hydrogen) atoms. The number of aryl methyl sites for hydroxylation is 1. The molecule has 0 radical (unpaired) electrons. The first kappa shape index (κ1) is 22.8. The van der Waals surface area contributed by atoms with E-state index in [0.717, 1.165) is 28.8 Å². The van der Waals surface area contributed by atoms with Gasteiger partial charge in [-0.3, -0.25) is 15.8 Å². The number of benzene rings is 2. The molecule has 2 atom stereocenters. The van der Waals surface area contributed by atoms with E-state index in [1.54, 1.807) is 4.90 Å². The van der Waals surface area contributed by atoms with E-state index >= 15 is 0 Å². The molecule has 7 nitrogen and oxygen atoms in total. The molecule has 0 saturated carbocycles. The Bertz CT molecular complexity index is 928. The van der Waals surface area contributed by atoms with Crippen molar-refractivity contribution in [3.63, 3.8) is 0 Å². The molecule has 5 N–H and O–H groups in total. The van der Waals surface area contributed by atoms with Crippen molar-refractivity contribution in [3.05, 3.63) is 65.2 Å². The molecular formula is C24H33N5O2. The number of carbonyl (C=O) groups excluding carboxylic acids is 2. The van der Waals surface area contributed by atoms with Gasteiger partial charge in [-0.25, -0.2) is 4.79 Å². The molecule has 2 aromatic carbocycles. The SMILES string of the molecule is Cc1cccc(NC(=O)NCc2ccc(CN3C(=O)C(C)(CC(C)C)NC3N)cc2)c1. The van der Waals surface area contributed by atoms with Gasteiger partial charge in [-0.2, -0.15) is 0 Å². The maximum atomic E-state index is 12.9. The number of anilines is 1. The van der Waals surface area contributed by atoms with E-state index in [2.05, 4.69) is 29.8 Å². The fourth-order valence-electron chi connectivity index (χ4n) is 4.08. The van der Waals surface area contributed by atoms with Crippen molar-refractivity contribution >= 4 is 17.6 Å². The molecule has 3 amide bonds. The van der Waals surface area contributed by atoms with Crippen LogP contribution in [0.25, 0.3) is 0 Å². The van der Waals surface area contributed by atoms with Crippen LogP contribution in [0, 0.1) is 12.8 Å². The number of rotatable bonds is 7. The molecule has 1 saturated heterocycles. The second-order valence-corrected chi connectivity index (χ2v) is 8.95. The molecule has 7 heteroatoms. The van der Waals surface area contributed by atoms with Gasteiger partial charge in [-0.05, 0) is 55.0 Å². The van der Waals surface area contributed by atoms with Crippen LogP contribution in [0.3, 0.4) is 0 Å². The van der Waals surface area contributed by atoms with Crippen LogP contribution >= 0.6 is 0 Å². The van der Waals surface area contributed by atoms with Crippen LogP contribution in [-0.4, -0.2) is 28.7 Å². The van der Waals surface area contributed by atoms with Gasteiger partial charge in [0.15, 0.2) is 0 Å². The summed E-state index contributed by atoms with van der Waals surface area (Å²) in [6.07, 6.45) is 0.244. The number of urea groups is 1. The Morgan fingerprint density at radius 1 is 1.19 bits per heavy atom. The molecule has 0 aliphatic carbocycles. The van der Waals surface area contributed by atoms with Gasteiger partial charge < -0.3 is 15.5 Å². The largest absolute Gasteiger partial charge is 0.334 e. The molecule has 2 unspecified atom stereocenters. The number of nitrogens with one attached hydrogen (secondary N) is 3. The van der Waals surface area contributed by atoms with Crippen LogP contribution in [0.2, 0.25) is 0 Å². The van der Waals surface area contributed by atoms with E-state index in [4.69, 9.17) is 5.73 Å². The van der Waals surface area contributed by atoms with Gasteiger partial charge in [-0.1, -0.05) is 50.2 Å². The third kappa shape index (κ3) is 5.83. The second kappa shape index (κ2) is 9.49. The first-order chi connectivity index (χ1) is 14.7. The molecule has 0 bridgehead atoms. The van der Waals surface area contributed by atoms with Crippen LogP contribution in [0.4, 0.5) is 10.5 Å². The maximum absolute atomic E-state index is 12.9. The highest BCUT2D eigenvalue weighted by molar-refractivity contribution is 5.89. The highest BCUT2D eigenvalue weighted by Gasteiger charge is 2.46. The van der Waals surface area contributed by atoms with Crippen molar-refractivity contribution in [1.29, 1.82) is 0 Å². The molecule has 1 aliphatic heterocycles. The minimum Gasteiger partial charge on any atom is -0.334 e. The molecule has 1 fully saturated rings. The lowest BCUT2D eigenvalue weighted by Gasteiger charge is -2.24. The summed E-state index contributed by atoms with van der Waals surface area (Å²) in [5.74, 6) is 0.427. The van der Waals surface area contributed by atoms with Gasteiger partial charge >= 0.3 is 6.03 Å². The molecule has 2 aromatic rings. The summed E-state index contributed by atoms with van der Waals surface area (Å²) < 4.78 is 0. The highest BCUT2D eigenvalue weighted by Crippen LogP contribution is 2.27. The van der Waals surface area contributed by atoms with Gasteiger partial charge in [0.25, 0.3) is 0 Å². The van der Waals surface area contributed by atoms with E-state index in [1.165, 1.54) is 0 Å². The van der Waals surface area contributed by atoms with Crippen molar-refractivity contribution in [2.75, 3.05) is 5.32 Å². The number of hydrogen-bond acceptors (Lipinski definition) is 4. The molecule has 166 valence electrons. The van der Waals surface area contributed by atoms with Crippen molar-refractivity contribution in [3.8, 4) is 0 Å².